The highest BCUT2D eigenvalue weighted by Gasteiger charge is 2.15. The van der Waals surface area contributed by atoms with Crippen molar-refractivity contribution in [3.05, 3.63) is 35.4 Å². The number of likely N-dealkylation sites (tertiary alicyclic amines) is 1. The van der Waals surface area contributed by atoms with Gasteiger partial charge in [0.15, 0.2) is 5.96 Å². The monoisotopic (exact) mass is 444 g/mol. The number of rotatable bonds is 7. The van der Waals surface area contributed by atoms with Crippen molar-refractivity contribution in [2.24, 2.45) is 4.99 Å². The summed E-state index contributed by atoms with van der Waals surface area (Å²) in [5.41, 5.74) is 2.66. The van der Waals surface area contributed by atoms with Crippen LogP contribution in [-0.4, -0.2) is 48.5 Å². The molecule has 0 radical (unpaired) electrons. The minimum absolute atomic E-state index is 0. The molecule has 5 heteroatoms. The summed E-state index contributed by atoms with van der Waals surface area (Å²) in [6, 6.07) is 8.92. The molecule has 0 spiro atoms. The Labute approximate surface area is 164 Å². The second-order valence-electron chi connectivity index (χ2n) is 6.14. The van der Waals surface area contributed by atoms with Gasteiger partial charge in [0.25, 0.3) is 0 Å². The summed E-state index contributed by atoms with van der Waals surface area (Å²) in [7, 11) is 0. The molecule has 0 aliphatic carbocycles. The molecular weight excluding hydrogens is 411 g/mol. The molecule has 0 unspecified atom stereocenters. The Balaban J connectivity index is 0.00000288. The van der Waals surface area contributed by atoms with Crippen LogP contribution >= 0.6 is 24.0 Å². The number of halogens is 1. The van der Waals surface area contributed by atoms with E-state index in [-0.39, 0.29) is 24.0 Å². The molecule has 24 heavy (non-hydrogen) atoms. The van der Waals surface area contributed by atoms with Gasteiger partial charge in [-0.15, -0.1) is 24.0 Å². The Hall–Kier alpha value is -0.820. The molecule has 1 aromatic rings. The second kappa shape index (κ2) is 11.7. The van der Waals surface area contributed by atoms with Crippen LogP contribution in [0.3, 0.4) is 0 Å². The molecule has 1 saturated heterocycles. The molecular formula is C19H33IN4. The van der Waals surface area contributed by atoms with Gasteiger partial charge in [-0.1, -0.05) is 38.1 Å². The van der Waals surface area contributed by atoms with Gasteiger partial charge in [0.2, 0.25) is 0 Å². The van der Waals surface area contributed by atoms with E-state index in [9.17, 15) is 0 Å². The zero-order chi connectivity index (χ0) is 16.5. The van der Waals surface area contributed by atoms with Gasteiger partial charge in [0.1, 0.15) is 0 Å². The van der Waals surface area contributed by atoms with Crippen LogP contribution in [0, 0.1) is 0 Å². The van der Waals surface area contributed by atoms with Gasteiger partial charge in [-0.05, 0) is 44.0 Å². The van der Waals surface area contributed by atoms with Crippen molar-refractivity contribution in [3.63, 3.8) is 0 Å². The number of hydrogen-bond acceptors (Lipinski definition) is 2. The van der Waals surface area contributed by atoms with Crippen molar-refractivity contribution in [2.75, 3.05) is 32.7 Å². The number of nitrogens with zero attached hydrogens (tertiary/aromatic N) is 3. The molecule has 1 N–H and O–H groups in total. The van der Waals surface area contributed by atoms with E-state index >= 15 is 0 Å². The SMILES string of the molecule is CCNC(=NCc1ccc(CN(CC)CC)cc1)N1CCCC1.I. The third-order valence-corrected chi connectivity index (χ3v) is 4.48. The van der Waals surface area contributed by atoms with E-state index in [1.807, 2.05) is 0 Å². The third kappa shape index (κ3) is 6.59. The fourth-order valence-electron chi connectivity index (χ4n) is 2.98. The number of aliphatic imine (C=N–C) groups is 1. The Morgan fingerprint density at radius 1 is 1.04 bits per heavy atom. The molecule has 1 fully saturated rings. The molecule has 136 valence electrons. The highest BCUT2D eigenvalue weighted by Crippen LogP contribution is 2.11. The first kappa shape index (κ1) is 21.2. The molecule has 2 rings (SSSR count). The molecule has 1 aromatic carbocycles. The largest absolute Gasteiger partial charge is 0.357 e. The maximum absolute atomic E-state index is 4.81. The van der Waals surface area contributed by atoms with Gasteiger partial charge in [-0.3, -0.25) is 4.90 Å². The first-order chi connectivity index (χ1) is 11.3. The van der Waals surface area contributed by atoms with Crippen LogP contribution in [0.1, 0.15) is 44.7 Å². The van der Waals surface area contributed by atoms with Gasteiger partial charge in [-0.2, -0.15) is 0 Å². The average Bonchev–Trinajstić information content (AvgIpc) is 3.12. The van der Waals surface area contributed by atoms with Gasteiger partial charge in [0, 0.05) is 26.2 Å². The summed E-state index contributed by atoms with van der Waals surface area (Å²) >= 11 is 0. The maximum atomic E-state index is 4.81. The number of hydrogen-bond donors (Lipinski definition) is 1. The molecule has 1 heterocycles. The summed E-state index contributed by atoms with van der Waals surface area (Å²) in [6.45, 7) is 13.8. The van der Waals surface area contributed by atoms with Crippen molar-refractivity contribution in [3.8, 4) is 0 Å². The number of guanidine groups is 1. The van der Waals surface area contributed by atoms with Crippen LogP contribution in [0.25, 0.3) is 0 Å². The van der Waals surface area contributed by atoms with Crippen LogP contribution < -0.4 is 5.32 Å². The van der Waals surface area contributed by atoms with Gasteiger partial charge < -0.3 is 10.2 Å². The average molecular weight is 444 g/mol. The highest BCUT2D eigenvalue weighted by molar-refractivity contribution is 14.0. The normalized spacial score (nSPS) is 14.8. The molecule has 0 bridgehead atoms. The van der Waals surface area contributed by atoms with Crippen molar-refractivity contribution in [2.45, 2.75) is 46.7 Å². The Kier molecular flexibility index (Phi) is 10.3. The maximum Gasteiger partial charge on any atom is 0.194 e. The molecule has 4 nitrogen and oxygen atoms in total. The van der Waals surface area contributed by atoms with Gasteiger partial charge in [0.05, 0.1) is 6.54 Å². The summed E-state index contributed by atoms with van der Waals surface area (Å²) in [5, 5.41) is 3.42. The fourth-order valence-corrected chi connectivity index (χ4v) is 2.98. The highest BCUT2D eigenvalue weighted by atomic mass is 127. The quantitative estimate of drug-likeness (QED) is 0.395. The first-order valence-electron chi connectivity index (χ1n) is 9.10. The van der Waals surface area contributed by atoms with Crippen molar-refractivity contribution < 1.29 is 0 Å². The fraction of sp³-hybridized carbons (Fsp3) is 0.632. The minimum atomic E-state index is 0. The summed E-state index contributed by atoms with van der Waals surface area (Å²) < 4.78 is 0. The van der Waals surface area contributed by atoms with E-state index in [4.69, 9.17) is 4.99 Å². The predicted octanol–water partition coefficient (Wildman–Crippen LogP) is 3.71. The number of nitrogens with one attached hydrogen (secondary N) is 1. The molecule has 0 amide bonds. The zero-order valence-corrected chi connectivity index (χ0v) is 17.8. The van der Waals surface area contributed by atoms with Crippen molar-refractivity contribution in [1.82, 2.24) is 15.1 Å². The van der Waals surface area contributed by atoms with E-state index in [2.05, 4.69) is 60.2 Å². The molecule has 0 aromatic heterocycles. The lowest BCUT2D eigenvalue weighted by molar-refractivity contribution is 0.296. The van der Waals surface area contributed by atoms with Gasteiger partial charge >= 0.3 is 0 Å². The zero-order valence-electron chi connectivity index (χ0n) is 15.4. The smallest absolute Gasteiger partial charge is 0.194 e. The molecule has 0 saturated carbocycles. The Morgan fingerprint density at radius 3 is 2.17 bits per heavy atom. The minimum Gasteiger partial charge on any atom is -0.357 e. The summed E-state index contributed by atoms with van der Waals surface area (Å²) in [5.74, 6) is 1.07. The number of benzene rings is 1. The van der Waals surface area contributed by atoms with E-state index in [0.717, 1.165) is 51.8 Å². The van der Waals surface area contributed by atoms with Crippen molar-refractivity contribution >= 4 is 29.9 Å². The van der Waals surface area contributed by atoms with Crippen LogP contribution in [-0.2, 0) is 13.1 Å². The Morgan fingerprint density at radius 2 is 1.62 bits per heavy atom. The van der Waals surface area contributed by atoms with Crippen LogP contribution in [0.4, 0.5) is 0 Å². The molecule has 0 atom stereocenters. The topological polar surface area (TPSA) is 30.9 Å². The van der Waals surface area contributed by atoms with Crippen LogP contribution in [0.15, 0.2) is 29.3 Å². The third-order valence-electron chi connectivity index (χ3n) is 4.48. The molecule has 1 aliphatic heterocycles. The second-order valence-corrected chi connectivity index (χ2v) is 6.14. The summed E-state index contributed by atoms with van der Waals surface area (Å²) in [6.07, 6.45) is 2.56. The van der Waals surface area contributed by atoms with E-state index in [1.54, 1.807) is 0 Å². The van der Waals surface area contributed by atoms with Gasteiger partial charge in [-0.25, -0.2) is 4.99 Å². The Bertz CT molecular complexity index is 477. The lowest BCUT2D eigenvalue weighted by Crippen LogP contribution is -2.39. The van der Waals surface area contributed by atoms with E-state index in [1.165, 1.54) is 24.0 Å². The van der Waals surface area contributed by atoms with Crippen molar-refractivity contribution in [1.29, 1.82) is 0 Å². The standard InChI is InChI=1S/C19H32N4.HI/c1-4-20-19(23-13-7-8-14-23)21-15-17-9-11-18(12-10-17)16-22(5-2)6-3;/h9-12H,4-8,13-16H2,1-3H3,(H,20,21);1H. The molecule has 1 aliphatic rings. The van der Waals surface area contributed by atoms with E-state index in [0.29, 0.717) is 0 Å². The van der Waals surface area contributed by atoms with Crippen LogP contribution in [0.2, 0.25) is 0 Å². The predicted molar refractivity (Wildman–Crippen MR) is 114 cm³/mol. The van der Waals surface area contributed by atoms with E-state index < -0.39 is 0 Å². The summed E-state index contributed by atoms with van der Waals surface area (Å²) in [4.78, 5) is 9.62. The lowest BCUT2D eigenvalue weighted by Gasteiger charge is -2.20. The lowest BCUT2D eigenvalue weighted by atomic mass is 10.1. The first-order valence-corrected chi connectivity index (χ1v) is 9.10. The van der Waals surface area contributed by atoms with Crippen LogP contribution in [0.5, 0.6) is 0 Å².